The second kappa shape index (κ2) is 6.31. The number of benzene rings is 1. The van der Waals surface area contributed by atoms with Crippen LogP contribution in [-0.2, 0) is 0 Å². The van der Waals surface area contributed by atoms with Crippen molar-refractivity contribution in [2.45, 2.75) is 27.7 Å². The number of anilines is 3. The number of rotatable bonds is 5. The first-order valence-electron chi connectivity index (χ1n) is 7.97. The van der Waals surface area contributed by atoms with E-state index in [9.17, 15) is 4.79 Å². The number of ketones is 1. The highest BCUT2D eigenvalue weighted by atomic mass is 16.1. The number of hydrogen-bond acceptors (Lipinski definition) is 5. The summed E-state index contributed by atoms with van der Waals surface area (Å²) in [5.41, 5.74) is 4.39. The molecule has 0 aliphatic heterocycles. The van der Waals surface area contributed by atoms with Crippen molar-refractivity contribution in [3.8, 4) is 0 Å². The van der Waals surface area contributed by atoms with Crippen molar-refractivity contribution in [3.63, 3.8) is 0 Å². The molecule has 3 aromatic rings. The maximum absolute atomic E-state index is 11.8. The van der Waals surface area contributed by atoms with Crippen molar-refractivity contribution in [2.75, 3.05) is 17.2 Å². The minimum atomic E-state index is -0.0523. The lowest BCUT2D eigenvalue weighted by molar-refractivity contribution is 0.101. The quantitative estimate of drug-likeness (QED) is 0.700. The smallest absolute Gasteiger partial charge is 0.170 e. The molecule has 0 atom stereocenters. The normalized spacial score (nSPS) is 10.8. The Labute approximate surface area is 140 Å². The molecule has 0 bridgehead atoms. The van der Waals surface area contributed by atoms with Crippen LogP contribution in [0.1, 0.15) is 35.3 Å². The predicted octanol–water partition coefficient (Wildman–Crippen LogP) is 3.72. The monoisotopic (exact) mass is 323 g/mol. The van der Waals surface area contributed by atoms with E-state index in [0.717, 1.165) is 18.1 Å². The van der Waals surface area contributed by atoms with Crippen LogP contribution in [-0.4, -0.2) is 26.9 Å². The fourth-order valence-corrected chi connectivity index (χ4v) is 2.78. The van der Waals surface area contributed by atoms with E-state index in [4.69, 9.17) is 0 Å². The van der Waals surface area contributed by atoms with E-state index in [1.165, 1.54) is 18.1 Å². The third-order valence-electron chi connectivity index (χ3n) is 3.70. The average molecular weight is 323 g/mol. The Balaban J connectivity index is 2.09. The first-order chi connectivity index (χ1) is 11.5. The zero-order valence-corrected chi connectivity index (χ0v) is 14.3. The van der Waals surface area contributed by atoms with E-state index in [0.29, 0.717) is 17.0 Å². The number of fused-ring (bicyclic) bond motifs is 1. The Morgan fingerprint density at radius 1 is 1.17 bits per heavy atom. The van der Waals surface area contributed by atoms with Gasteiger partial charge in [-0.1, -0.05) is 6.07 Å². The van der Waals surface area contributed by atoms with Gasteiger partial charge in [0.2, 0.25) is 0 Å². The lowest BCUT2D eigenvalue weighted by Crippen LogP contribution is -2.07. The highest BCUT2D eigenvalue weighted by molar-refractivity contribution is 6.00. The predicted molar refractivity (Wildman–Crippen MR) is 96.4 cm³/mol. The number of Topliss-reactive ketones (excluding diaryl/α,β-unsaturated/α-hetero) is 1. The van der Waals surface area contributed by atoms with Crippen LogP contribution < -0.4 is 10.6 Å². The average Bonchev–Trinajstić information content (AvgIpc) is 2.90. The van der Waals surface area contributed by atoms with Crippen LogP contribution in [0.4, 0.5) is 17.3 Å². The van der Waals surface area contributed by atoms with Gasteiger partial charge in [-0.25, -0.2) is 4.98 Å². The van der Waals surface area contributed by atoms with Gasteiger partial charge in [-0.3, -0.25) is 4.79 Å². The Hall–Kier alpha value is -2.89. The minimum absolute atomic E-state index is 0.0523. The van der Waals surface area contributed by atoms with Crippen LogP contribution in [0.15, 0.2) is 30.5 Å². The molecule has 0 saturated carbocycles. The summed E-state index contributed by atoms with van der Waals surface area (Å²) < 4.78 is 1.66. The molecule has 0 aliphatic rings. The van der Waals surface area contributed by atoms with Gasteiger partial charge >= 0.3 is 0 Å². The van der Waals surface area contributed by atoms with Gasteiger partial charge < -0.3 is 10.6 Å². The third-order valence-corrected chi connectivity index (χ3v) is 3.70. The maximum atomic E-state index is 11.8. The Morgan fingerprint density at radius 2 is 1.88 bits per heavy atom. The number of carbonyl (C=O) groups excluding carboxylic acids is 1. The molecular weight excluding hydrogens is 302 g/mol. The number of nitrogens with zero attached hydrogens (tertiary/aromatic N) is 3. The lowest BCUT2D eigenvalue weighted by Gasteiger charge is -2.12. The Bertz CT molecular complexity index is 893. The van der Waals surface area contributed by atoms with E-state index in [-0.39, 0.29) is 5.78 Å². The van der Waals surface area contributed by atoms with E-state index >= 15 is 0 Å². The third kappa shape index (κ3) is 3.08. The molecule has 124 valence electrons. The summed E-state index contributed by atoms with van der Waals surface area (Å²) in [6.45, 7) is 8.40. The molecule has 3 rings (SSSR count). The van der Waals surface area contributed by atoms with Crippen LogP contribution in [0.5, 0.6) is 0 Å². The van der Waals surface area contributed by atoms with Crippen molar-refractivity contribution in [2.24, 2.45) is 0 Å². The summed E-state index contributed by atoms with van der Waals surface area (Å²) in [5, 5.41) is 10.9. The van der Waals surface area contributed by atoms with Crippen LogP contribution in [0.3, 0.4) is 0 Å². The van der Waals surface area contributed by atoms with Crippen LogP contribution >= 0.6 is 0 Å². The van der Waals surface area contributed by atoms with E-state index in [1.807, 2.05) is 13.0 Å². The molecule has 2 N–H and O–H groups in total. The molecule has 0 unspecified atom stereocenters. The van der Waals surface area contributed by atoms with Gasteiger partial charge in [0.05, 0.1) is 11.8 Å². The number of aromatic nitrogens is 3. The van der Waals surface area contributed by atoms with Crippen molar-refractivity contribution in [1.82, 2.24) is 14.6 Å². The molecule has 0 amide bonds. The van der Waals surface area contributed by atoms with Crippen molar-refractivity contribution in [3.05, 3.63) is 47.2 Å². The van der Waals surface area contributed by atoms with Gasteiger partial charge in [0.15, 0.2) is 11.4 Å². The maximum Gasteiger partial charge on any atom is 0.170 e. The van der Waals surface area contributed by atoms with Crippen molar-refractivity contribution < 1.29 is 4.79 Å². The molecule has 0 spiro atoms. The fraction of sp³-hybridized carbons (Fsp3) is 0.278. The van der Waals surface area contributed by atoms with E-state index in [1.54, 1.807) is 10.7 Å². The molecule has 0 saturated heterocycles. The van der Waals surface area contributed by atoms with Gasteiger partial charge in [0.25, 0.3) is 0 Å². The highest BCUT2D eigenvalue weighted by Gasteiger charge is 2.14. The van der Waals surface area contributed by atoms with Gasteiger partial charge in [0, 0.05) is 18.3 Å². The Morgan fingerprint density at radius 3 is 2.50 bits per heavy atom. The molecule has 6 nitrogen and oxygen atoms in total. The van der Waals surface area contributed by atoms with Gasteiger partial charge in [-0.05, 0) is 51.0 Å². The molecule has 1 aromatic carbocycles. The molecule has 0 fully saturated rings. The highest BCUT2D eigenvalue weighted by Crippen LogP contribution is 2.23. The van der Waals surface area contributed by atoms with E-state index < -0.39 is 0 Å². The van der Waals surface area contributed by atoms with Gasteiger partial charge in [-0.15, -0.1) is 0 Å². The van der Waals surface area contributed by atoms with E-state index in [2.05, 4.69) is 52.8 Å². The van der Waals surface area contributed by atoms with Gasteiger partial charge in [-0.2, -0.15) is 9.61 Å². The summed E-state index contributed by atoms with van der Waals surface area (Å²) in [5.74, 6) is 1.41. The first-order valence-corrected chi connectivity index (χ1v) is 7.97. The number of hydrogen-bond donors (Lipinski definition) is 2. The summed E-state index contributed by atoms with van der Waals surface area (Å²) in [6, 6.07) is 8.14. The Kier molecular flexibility index (Phi) is 4.20. The minimum Gasteiger partial charge on any atom is -0.370 e. The SMILES string of the molecule is CCNc1cc(Nc2cc(C)cc(C)c2)nc2c(C(C)=O)cnn12. The summed E-state index contributed by atoms with van der Waals surface area (Å²) in [6.07, 6.45) is 1.56. The zero-order valence-electron chi connectivity index (χ0n) is 14.3. The summed E-state index contributed by atoms with van der Waals surface area (Å²) >= 11 is 0. The molecule has 24 heavy (non-hydrogen) atoms. The summed E-state index contributed by atoms with van der Waals surface area (Å²) in [7, 11) is 0. The number of aryl methyl sites for hydroxylation is 2. The second-order valence-corrected chi connectivity index (χ2v) is 5.91. The van der Waals surface area contributed by atoms with Crippen molar-refractivity contribution >= 4 is 28.8 Å². The first kappa shape index (κ1) is 16.0. The lowest BCUT2D eigenvalue weighted by atomic mass is 10.1. The topological polar surface area (TPSA) is 71.3 Å². The molecule has 2 heterocycles. The summed E-state index contributed by atoms with van der Waals surface area (Å²) in [4.78, 5) is 16.4. The van der Waals surface area contributed by atoms with Crippen LogP contribution in [0.25, 0.3) is 5.65 Å². The second-order valence-electron chi connectivity index (χ2n) is 5.91. The number of carbonyl (C=O) groups is 1. The molecule has 0 radical (unpaired) electrons. The van der Waals surface area contributed by atoms with Gasteiger partial charge in [0.1, 0.15) is 11.6 Å². The van der Waals surface area contributed by atoms with Crippen LogP contribution in [0, 0.1) is 13.8 Å². The fourth-order valence-electron chi connectivity index (χ4n) is 2.78. The van der Waals surface area contributed by atoms with Crippen molar-refractivity contribution in [1.29, 1.82) is 0 Å². The largest absolute Gasteiger partial charge is 0.370 e. The molecule has 6 heteroatoms. The number of nitrogens with one attached hydrogen (secondary N) is 2. The standard InChI is InChI=1S/C18H21N5O/c1-5-19-17-9-16(21-14-7-11(2)6-12(3)8-14)22-18-15(13(4)24)10-20-23(17)18/h6-10,19H,5H2,1-4H3,(H,21,22). The van der Waals surface area contributed by atoms with Crippen LogP contribution in [0.2, 0.25) is 0 Å². The molecule has 2 aromatic heterocycles. The molecular formula is C18H21N5O. The molecule has 0 aliphatic carbocycles. The zero-order chi connectivity index (χ0) is 17.3.